The Morgan fingerprint density at radius 1 is 1.18 bits per heavy atom. The molecular formula is C17H13ClN2O2. The largest absolute Gasteiger partial charge is 0.508 e. The molecule has 2 N–H and O–H groups in total. The molecule has 22 heavy (non-hydrogen) atoms. The Balaban J connectivity index is 2.17. The zero-order valence-corrected chi connectivity index (χ0v) is 12.3. The highest BCUT2D eigenvalue weighted by Gasteiger charge is 2.04. The van der Waals surface area contributed by atoms with Crippen molar-refractivity contribution in [2.45, 2.75) is 0 Å². The minimum absolute atomic E-state index is 0.146. The molecule has 4 nitrogen and oxygen atoms in total. The Morgan fingerprint density at radius 3 is 2.59 bits per heavy atom. The first-order valence-corrected chi connectivity index (χ1v) is 6.99. The van der Waals surface area contributed by atoms with Gasteiger partial charge >= 0.3 is 0 Å². The van der Waals surface area contributed by atoms with Crippen molar-refractivity contribution in [2.75, 3.05) is 0 Å². The van der Waals surface area contributed by atoms with Crippen molar-refractivity contribution in [1.29, 1.82) is 0 Å². The third-order valence-electron chi connectivity index (χ3n) is 3.27. The van der Waals surface area contributed by atoms with E-state index >= 15 is 0 Å². The van der Waals surface area contributed by atoms with Crippen LogP contribution in [0.4, 0.5) is 0 Å². The van der Waals surface area contributed by atoms with E-state index in [4.69, 9.17) is 11.6 Å². The number of hydrogen-bond acceptors (Lipinski definition) is 2. The number of halogens is 1. The number of nitrogens with one attached hydrogen (secondary N) is 1. The molecule has 0 spiro atoms. The van der Waals surface area contributed by atoms with E-state index in [9.17, 15) is 9.90 Å². The molecule has 3 aromatic rings. The fourth-order valence-corrected chi connectivity index (χ4v) is 2.32. The van der Waals surface area contributed by atoms with Crippen molar-refractivity contribution in [2.24, 2.45) is 0 Å². The lowest BCUT2D eigenvalue weighted by molar-refractivity contribution is 0.475. The molecule has 0 aliphatic heterocycles. The molecule has 1 heterocycles. The van der Waals surface area contributed by atoms with Crippen molar-refractivity contribution in [3.05, 3.63) is 80.0 Å². The molecule has 5 heteroatoms. The van der Waals surface area contributed by atoms with Crippen molar-refractivity contribution in [1.82, 2.24) is 9.78 Å². The van der Waals surface area contributed by atoms with E-state index in [0.29, 0.717) is 21.3 Å². The van der Waals surface area contributed by atoms with Crippen molar-refractivity contribution >= 4 is 24.3 Å². The predicted octanol–water partition coefficient (Wildman–Crippen LogP) is 1.76. The third-order valence-corrected chi connectivity index (χ3v) is 3.52. The smallest absolute Gasteiger partial charge is 0.279 e. The second kappa shape index (κ2) is 5.58. The number of phenolic OH excluding ortho intramolecular Hbond substituents is 1. The van der Waals surface area contributed by atoms with E-state index in [1.165, 1.54) is 4.68 Å². The molecule has 0 aliphatic carbocycles. The quantitative estimate of drug-likeness (QED) is 0.757. The van der Waals surface area contributed by atoms with Crippen LogP contribution in [0.3, 0.4) is 0 Å². The first-order valence-electron chi connectivity index (χ1n) is 6.61. The number of aromatic nitrogens is 2. The summed E-state index contributed by atoms with van der Waals surface area (Å²) in [6, 6.07) is 13.6. The lowest BCUT2D eigenvalue weighted by atomic mass is 10.2. The number of aromatic amines is 1. The molecule has 3 rings (SSSR count). The highest BCUT2D eigenvalue weighted by Crippen LogP contribution is 2.11. The Bertz CT molecular complexity index is 985. The van der Waals surface area contributed by atoms with E-state index in [1.54, 1.807) is 54.6 Å². The maximum atomic E-state index is 12.5. The highest BCUT2D eigenvalue weighted by atomic mass is 35.5. The lowest BCUT2D eigenvalue weighted by Crippen LogP contribution is -2.33. The van der Waals surface area contributed by atoms with Crippen LogP contribution in [0.1, 0.15) is 5.56 Å². The summed E-state index contributed by atoms with van der Waals surface area (Å²) in [4.78, 5) is 12.5. The number of phenols is 1. The molecule has 0 saturated carbocycles. The Hall–Kier alpha value is -2.72. The maximum absolute atomic E-state index is 12.5. The summed E-state index contributed by atoms with van der Waals surface area (Å²) in [6.45, 7) is 3.87. The Labute approximate surface area is 131 Å². The van der Waals surface area contributed by atoms with Gasteiger partial charge in [0.2, 0.25) is 0 Å². The second-order valence-electron chi connectivity index (χ2n) is 4.86. The SMILES string of the molecule is C=c1[nH]n(-c2ccc(Cl)cc2)c(=O)c1=Cc1cccc(O)c1. The Kier molecular flexibility index (Phi) is 3.61. The van der Waals surface area contributed by atoms with E-state index in [-0.39, 0.29) is 11.3 Å². The summed E-state index contributed by atoms with van der Waals surface area (Å²) in [6.07, 6.45) is 1.69. The van der Waals surface area contributed by atoms with Crippen LogP contribution in [0.25, 0.3) is 18.3 Å². The van der Waals surface area contributed by atoms with Crippen molar-refractivity contribution in [3.8, 4) is 11.4 Å². The number of benzene rings is 2. The van der Waals surface area contributed by atoms with Crippen LogP contribution in [-0.4, -0.2) is 14.9 Å². The molecule has 0 unspecified atom stereocenters. The summed E-state index contributed by atoms with van der Waals surface area (Å²) in [5, 5.41) is 14.0. The van der Waals surface area contributed by atoms with E-state index < -0.39 is 0 Å². The molecular weight excluding hydrogens is 300 g/mol. The van der Waals surface area contributed by atoms with Gasteiger partial charge in [-0.25, -0.2) is 4.68 Å². The number of H-pyrrole nitrogens is 1. The van der Waals surface area contributed by atoms with Crippen LogP contribution in [0, 0.1) is 0 Å². The van der Waals surface area contributed by atoms with Gasteiger partial charge in [-0.1, -0.05) is 30.3 Å². The summed E-state index contributed by atoms with van der Waals surface area (Å²) in [7, 11) is 0. The highest BCUT2D eigenvalue weighted by molar-refractivity contribution is 6.30. The normalized spacial score (nSPS) is 11.8. The summed E-state index contributed by atoms with van der Waals surface area (Å²) in [5.41, 5.74) is 1.19. The number of hydrogen-bond donors (Lipinski definition) is 2. The standard InChI is InChI=1S/C17H13ClN2O2/c1-11-16(10-12-3-2-4-15(21)9-12)17(22)20(19-11)14-7-5-13(18)6-8-14/h2-10,19,21H,1H2. The van der Waals surface area contributed by atoms with Gasteiger partial charge in [0.15, 0.2) is 0 Å². The average molecular weight is 313 g/mol. The molecule has 0 bridgehead atoms. The summed E-state index contributed by atoms with van der Waals surface area (Å²) >= 11 is 5.86. The predicted molar refractivity (Wildman–Crippen MR) is 87.8 cm³/mol. The van der Waals surface area contributed by atoms with Gasteiger partial charge < -0.3 is 5.11 Å². The Morgan fingerprint density at radius 2 is 1.91 bits per heavy atom. The van der Waals surface area contributed by atoms with Gasteiger partial charge in [0, 0.05) is 5.02 Å². The van der Waals surface area contributed by atoms with Crippen LogP contribution < -0.4 is 16.1 Å². The zero-order chi connectivity index (χ0) is 15.7. The lowest BCUT2D eigenvalue weighted by Gasteiger charge is -2.00. The first-order chi connectivity index (χ1) is 10.5. The topological polar surface area (TPSA) is 58.0 Å². The minimum atomic E-state index is -0.212. The fraction of sp³-hybridized carbons (Fsp3) is 0. The fourth-order valence-electron chi connectivity index (χ4n) is 2.20. The number of aromatic hydroxyl groups is 1. The molecule has 0 aliphatic rings. The van der Waals surface area contributed by atoms with Gasteiger partial charge in [-0.2, -0.15) is 0 Å². The van der Waals surface area contributed by atoms with E-state index in [1.807, 2.05) is 0 Å². The first kappa shape index (κ1) is 14.2. The average Bonchev–Trinajstić information content (AvgIpc) is 2.76. The van der Waals surface area contributed by atoms with Gasteiger partial charge in [-0.15, -0.1) is 0 Å². The second-order valence-corrected chi connectivity index (χ2v) is 5.30. The van der Waals surface area contributed by atoms with Crippen LogP contribution in [0.5, 0.6) is 5.75 Å². The zero-order valence-electron chi connectivity index (χ0n) is 11.6. The third kappa shape index (κ3) is 2.69. The molecule has 0 atom stereocenters. The molecule has 0 saturated heterocycles. The molecule has 110 valence electrons. The van der Waals surface area contributed by atoms with Gasteiger partial charge in [0.25, 0.3) is 5.56 Å². The van der Waals surface area contributed by atoms with Gasteiger partial charge in [-0.05, 0) is 48.0 Å². The van der Waals surface area contributed by atoms with Crippen LogP contribution in [0.2, 0.25) is 5.02 Å². The monoisotopic (exact) mass is 312 g/mol. The van der Waals surface area contributed by atoms with Crippen LogP contribution >= 0.6 is 11.6 Å². The summed E-state index contributed by atoms with van der Waals surface area (Å²) in [5.74, 6) is 0.146. The van der Waals surface area contributed by atoms with E-state index in [0.717, 1.165) is 5.56 Å². The van der Waals surface area contributed by atoms with Crippen LogP contribution in [-0.2, 0) is 0 Å². The van der Waals surface area contributed by atoms with Gasteiger partial charge in [0.05, 0.1) is 16.3 Å². The summed E-state index contributed by atoms with van der Waals surface area (Å²) < 4.78 is 1.41. The maximum Gasteiger partial charge on any atom is 0.279 e. The number of rotatable bonds is 2. The number of nitrogens with zero attached hydrogens (tertiary/aromatic N) is 1. The van der Waals surface area contributed by atoms with Crippen molar-refractivity contribution < 1.29 is 5.11 Å². The van der Waals surface area contributed by atoms with Gasteiger partial charge in [-0.3, -0.25) is 9.89 Å². The minimum Gasteiger partial charge on any atom is -0.508 e. The molecule has 0 fully saturated rings. The van der Waals surface area contributed by atoms with Gasteiger partial charge in [0.1, 0.15) is 5.75 Å². The molecule has 0 amide bonds. The van der Waals surface area contributed by atoms with Crippen LogP contribution in [0.15, 0.2) is 53.3 Å². The van der Waals surface area contributed by atoms with Crippen molar-refractivity contribution in [3.63, 3.8) is 0 Å². The molecule has 2 aromatic carbocycles. The molecule has 1 aromatic heterocycles. The molecule has 0 radical (unpaired) electrons. The van der Waals surface area contributed by atoms with E-state index in [2.05, 4.69) is 11.7 Å².